The van der Waals surface area contributed by atoms with E-state index in [1.165, 1.54) is 11.9 Å². The zero-order chi connectivity index (χ0) is 19.4. The van der Waals surface area contributed by atoms with E-state index in [1.54, 1.807) is 24.3 Å². The number of likely N-dealkylation sites (N-methyl/N-ethyl adjacent to an activating group) is 1. The van der Waals surface area contributed by atoms with Gasteiger partial charge in [0.25, 0.3) is 0 Å². The van der Waals surface area contributed by atoms with Gasteiger partial charge < -0.3 is 9.31 Å². The second-order valence-corrected chi connectivity index (χ2v) is 6.48. The Morgan fingerprint density at radius 1 is 0.926 bits per heavy atom. The van der Waals surface area contributed by atoms with Crippen molar-refractivity contribution in [2.24, 2.45) is 0 Å². The van der Waals surface area contributed by atoms with Crippen molar-refractivity contribution in [1.82, 2.24) is 4.90 Å². The number of hydrogen-bond donors (Lipinski definition) is 0. The second kappa shape index (κ2) is 7.88. The van der Waals surface area contributed by atoms with Gasteiger partial charge in [-0.3, -0.25) is 14.5 Å². The number of rotatable bonds is 4. The van der Waals surface area contributed by atoms with Crippen molar-refractivity contribution in [1.29, 1.82) is 0 Å². The highest BCUT2D eigenvalue weighted by Gasteiger charge is 2.54. The molecule has 1 saturated heterocycles. The Bertz CT molecular complexity index is 794. The van der Waals surface area contributed by atoms with Crippen molar-refractivity contribution >= 4 is 19.1 Å². The first-order valence-corrected chi connectivity index (χ1v) is 8.43. The van der Waals surface area contributed by atoms with Crippen molar-refractivity contribution in [3.8, 4) is 11.1 Å². The third-order valence-electron chi connectivity index (χ3n) is 4.12. The van der Waals surface area contributed by atoms with E-state index in [1.807, 2.05) is 30.3 Å². The van der Waals surface area contributed by atoms with Crippen molar-refractivity contribution in [2.75, 3.05) is 20.1 Å². The van der Waals surface area contributed by atoms with Crippen LogP contribution in [0.3, 0.4) is 0 Å². The standard InChI is InChI=1S/C19H18BF2NO4/c1-23-12-17(24)26-20(27-18(25)13-23)19(21,22)11-14-7-9-16(10-8-14)15-5-3-2-4-6-15/h2-10H,11-13H2,1H3. The van der Waals surface area contributed by atoms with E-state index in [0.29, 0.717) is 5.56 Å². The summed E-state index contributed by atoms with van der Waals surface area (Å²) in [6, 6.07) is 16.2. The summed E-state index contributed by atoms with van der Waals surface area (Å²) in [6.07, 6.45) is -0.719. The van der Waals surface area contributed by atoms with Gasteiger partial charge in [-0.05, 0) is 23.7 Å². The summed E-state index contributed by atoms with van der Waals surface area (Å²) in [6.45, 7) is -0.513. The molecule has 0 unspecified atom stereocenters. The van der Waals surface area contributed by atoms with Gasteiger partial charge in [0.2, 0.25) is 0 Å². The molecule has 0 spiro atoms. The van der Waals surface area contributed by atoms with Gasteiger partial charge in [-0.2, -0.15) is 0 Å². The lowest BCUT2D eigenvalue weighted by atomic mass is 9.75. The lowest BCUT2D eigenvalue weighted by Gasteiger charge is -2.26. The maximum absolute atomic E-state index is 14.6. The van der Waals surface area contributed by atoms with Crippen LogP contribution in [0.5, 0.6) is 0 Å². The summed E-state index contributed by atoms with van der Waals surface area (Å²) in [5.74, 6) is -5.28. The fraction of sp³-hybridized carbons (Fsp3) is 0.263. The van der Waals surface area contributed by atoms with Gasteiger partial charge in [0.1, 0.15) is 0 Å². The number of benzene rings is 2. The smallest absolute Gasteiger partial charge is 0.494 e. The van der Waals surface area contributed by atoms with Gasteiger partial charge in [0.05, 0.1) is 13.1 Å². The molecule has 3 rings (SSSR count). The summed E-state index contributed by atoms with van der Waals surface area (Å²) in [7, 11) is -0.741. The highest BCUT2D eigenvalue weighted by Crippen LogP contribution is 2.27. The van der Waals surface area contributed by atoms with Crippen LogP contribution in [0, 0.1) is 0 Å². The summed E-state index contributed by atoms with van der Waals surface area (Å²) < 4.78 is 38.6. The predicted molar refractivity (Wildman–Crippen MR) is 96.0 cm³/mol. The van der Waals surface area contributed by atoms with E-state index < -0.39 is 31.3 Å². The summed E-state index contributed by atoms with van der Waals surface area (Å²) in [5, 5.41) is 0. The second-order valence-electron chi connectivity index (χ2n) is 6.48. The SMILES string of the molecule is CN1CC(=O)OB(C(F)(F)Cc2ccc(-c3ccccc3)cc2)OC(=O)C1. The maximum Gasteiger partial charge on any atom is 0.674 e. The van der Waals surface area contributed by atoms with Crippen LogP contribution in [-0.4, -0.2) is 49.9 Å². The number of carbonyl (C=O) groups is 2. The highest BCUT2D eigenvalue weighted by molar-refractivity contribution is 6.52. The molecule has 5 nitrogen and oxygen atoms in total. The van der Waals surface area contributed by atoms with Crippen LogP contribution >= 0.6 is 0 Å². The molecule has 140 valence electrons. The van der Waals surface area contributed by atoms with E-state index in [0.717, 1.165) is 11.1 Å². The van der Waals surface area contributed by atoms with E-state index in [4.69, 9.17) is 0 Å². The van der Waals surface area contributed by atoms with Crippen molar-refractivity contribution in [3.05, 3.63) is 60.2 Å². The van der Waals surface area contributed by atoms with Gasteiger partial charge in [-0.15, -0.1) is 0 Å². The third-order valence-corrected chi connectivity index (χ3v) is 4.12. The van der Waals surface area contributed by atoms with Gasteiger partial charge in [-0.25, -0.2) is 8.78 Å². The Balaban J connectivity index is 1.73. The van der Waals surface area contributed by atoms with Gasteiger partial charge in [0, 0.05) is 6.42 Å². The monoisotopic (exact) mass is 373 g/mol. The molecule has 0 amide bonds. The first-order chi connectivity index (χ1) is 12.8. The topological polar surface area (TPSA) is 55.8 Å². The number of halogens is 2. The van der Waals surface area contributed by atoms with Crippen molar-refractivity contribution in [3.63, 3.8) is 0 Å². The van der Waals surface area contributed by atoms with Crippen LogP contribution < -0.4 is 0 Å². The highest BCUT2D eigenvalue weighted by atomic mass is 19.3. The summed E-state index contributed by atoms with van der Waals surface area (Å²) >= 11 is 0. The lowest BCUT2D eigenvalue weighted by Crippen LogP contribution is -2.52. The molecule has 1 fully saturated rings. The Hall–Kier alpha value is -2.74. The minimum atomic E-state index is -3.55. The van der Waals surface area contributed by atoms with Crippen LogP contribution in [0.2, 0.25) is 0 Å². The molecule has 27 heavy (non-hydrogen) atoms. The Kier molecular flexibility index (Phi) is 5.55. The van der Waals surface area contributed by atoms with Gasteiger partial charge >= 0.3 is 24.9 Å². The first-order valence-electron chi connectivity index (χ1n) is 8.43. The molecule has 0 saturated carbocycles. The maximum atomic E-state index is 14.6. The molecule has 1 aliphatic rings. The third kappa shape index (κ3) is 4.92. The van der Waals surface area contributed by atoms with E-state index in [2.05, 4.69) is 9.31 Å². The number of alkyl halides is 2. The molecule has 2 aromatic carbocycles. The van der Waals surface area contributed by atoms with Crippen LogP contribution in [0.15, 0.2) is 54.6 Å². The zero-order valence-electron chi connectivity index (χ0n) is 14.7. The fourth-order valence-corrected chi connectivity index (χ4v) is 2.81. The van der Waals surface area contributed by atoms with Crippen LogP contribution in [-0.2, 0) is 25.3 Å². The number of nitrogens with zero attached hydrogens (tertiary/aromatic N) is 1. The normalized spacial score (nSPS) is 16.3. The zero-order valence-corrected chi connectivity index (χ0v) is 14.7. The first kappa shape index (κ1) is 19.0. The molecule has 0 aliphatic carbocycles. The number of hydrogen-bond acceptors (Lipinski definition) is 5. The average Bonchev–Trinajstić information content (AvgIpc) is 2.61. The molecule has 2 aromatic rings. The minimum absolute atomic E-state index is 0.256. The van der Waals surface area contributed by atoms with Crippen LogP contribution in [0.4, 0.5) is 8.78 Å². The Morgan fingerprint density at radius 2 is 1.44 bits per heavy atom. The number of carbonyl (C=O) groups excluding carboxylic acids is 2. The van der Waals surface area contributed by atoms with Crippen LogP contribution in [0.1, 0.15) is 5.56 Å². The summed E-state index contributed by atoms with van der Waals surface area (Å²) in [5.41, 5.74) is 2.21. The molecule has 0 radical (unpaired) electrons. The van der Waals surface area contributed by atoms with Gasteiger partial charge in [0.15, 0.2) is 0 Å². The van der Waals surface area contributed by atoms with Gasteiger partial charge in [-0.1, -0.05) is 54.6 Å². The van der Waals surface area contributed by atoms with Crippen LogP contribution in [0.25, 0.3) is 11.1 Å². The summed E-state index contributed by atoms with van der Waals surface area (Å²) in [4.78, 5) is 24.7. The minimum Gasteiger partial charge on any atom is -0.494 e. The molecule has 0 N–H and O–H groups in total. The lowest BCUT2D eigenvalue weighted by molar-refractivity contribution is -0.149. The largest absolute Gasteiger partial charge is 0.674 e. The van der Waals surface area contributed by atoms with E-state index in [-0.39, 0.29) is 13.1 Å². The van der Waals surface area contributed by atoms with Crippen molar-refractivity contribution in [2.45, 2.75) is 12.2 Å². The molecular weight excluding hydrogens is 355 g/mol. The Morgan fingerprint density at radius 3 is 2.00 bits per heavy atom. The average molecular weight is 373 g/mol. The molecule has 0 bridgehead atoms. The molecule has 1 aliphatic heterocycles. The van der Waals surface area contributed by atoms with Crippen molar-refractivity contribution < 1.29 is 27.7 Å². The molecule has 8 heteroatoms. The van der Waals surface area contributed by atoms with E-state index in [9.17, 15) is 18.4 Å². The fourth-order valence-electron chi connectivity index (χ4n) is 2.81. The molecule has 0 atom stereocenters. The molecule has 0 aromatic heterocycles. The predicted octanol–water partition coefficient (Wildman–Crippen LogP) is 2.59. The van der Waals surface area contributed by atoms with E-state index >= 15 is 0 Å². The quantitative estimate of drug-likeness (QED) is 0.772. The Labute approximate surface area is 156 Å². The molecular formula is C19H18BF2NO4. The molecule has 1 heterocycles.